The molecule has 0 saturated carbocycles. The molecule has 3 N–H and O–H groups in total. The van der Waals surface area contributed by atoms with Crippen LogP contribution in [0.15, 0.2) is 18.2 Å². The number of alkyl halides is 3. The van der Waals surface area contributed by atoms with Gasteiger partial charge in [0.25, 0.3) is 0 Å². The summed E-state index contributed by atoms with van der Waals surface area (Å²) in [5, 5.41) is 2.88. The zero-order valence-corrected chi connectivity index (χ0v) is 9.77. The van der Waals surface area contributed by atoms with Crippen LogP contribution in [-0.2, 0) is 0 Å². The van der Waals surface area contributed by atoms with Crippen molar-refractivity contribution >= 4 is 5.69 Å². The van der Waals surface area contributed by atoms with Crippen molar-refractivity contribution in [1.29, 1.82) is 0 Å². The summed E-state index contributed by atoms with van der Waals surface area (Å²) in [6.45, 7) is 0.658. The molecular formula is C12H13F3N2O. The number of hydrogen-bond donors (Lipinski definition) is 2. The molecule has 0 aliphatic rings. The van der Waals surface area contributed by atoms with Crippen molar-refractivity contribution in [3.63, 3.8) is 0 Å². The standard InChI is InChI=1S/C12H13F3N2O/c1-17-7-3-2-4-9-8-10(16)5-6-11(9)18-12(13,14)15/h5-6,8,17H,3,7,16H2,1H3. The predicted octanol–water partition coefficient (Wildman–Crippen LogP) is 2.13. The van der Waals surface area contributed by atoms with Gasteiger partial charge >= 0.3 is 6.36 Å². The lowest BCUT2D eigenvalue weighted by Gasteiger charge is -2.10. The number of anilines is 1. The zero-order valence-electron chi connectivity index (χ0n) is 9.77. The first-order valence-corrected chi connectivity index (χ1v) is 5.21. The summed E-state index contributed by atoms with van der Waals surface area (Å²) >= 11 is 0. The number of nitrogens with one attached hydrogen (secondary N) is 1. The summed E-state index contributed by atoms with van der Waals surface area (Å²) in [5.74, 6) is 5.02. The van der Waals surface area contributed by atoms with Gasteiger partial charge in [-0.1, -0.05) is 11.8 Å². The van der Waals surface area contributed by atoms with Crippen LogP contribution in [0.3, 0.4) is 0 Å². The number of benzene rings is 1. The highest BCUT2D eigenvalue weighted by Crippen LogP contribution is 2.27. The van der Waals surface area contributed by atoms with Gasteiger partial charge in [0.05, 0.1) is 5.56 Å². The molecule has 0 heterocycles. The molecule has 0 bridgehead atoms. The van der Waals surface area contributed by atoms with Crippen molar-refractivity contribution in [2.24, 2.45) is 0 Å². The fourth-order valence-electron chi connectivity index (χ4n) is 1.20. The van der Waals surface area contributed by atoms with Gasteiger partial charge < -0.3 is 15.8 Å². The Morgan fingerprint density at radius 3 is 2.72 bits per heavy atom. The third kappa shape index (κ3) is 4.97. The van der Waals surface area contributed by atoms with Crippen LogP contribution in [0.4, 0.5) is 18.9 Å². The molecule has 0 spiro atoms. The maximum atomic E-state index is 12.2. The van der Waals surface area contributed by atoms with Gasteiger partial charge in [0, 0.05) is 18.7 Å². The highest BCUT2D eigenvalue weighted by Gasteiger charge is 2.31. The first kappa shape index (κ1) is 14.2. The number of ether oxygens (including phenoxy) is 1. The number of rotatable bonds is 3. The van der Waals surface area contributed by atoms with Gasteiger partial charge in [-0.25, -0.2) is 0 Å². The third-order valence-electron chi connectivity index (χ3n) is 1.95. The van der Waals surface area contributed by atoms with Crippen LogP contribution in [0, 0.1) is 11.8 Å². The average Bonchev–Trinajstić information content (AvgIpc) is 2.26. The molecule has 1 aromatic rings. The minimum Gasteiger partial charge on any atom is -0.404 e. The van der Waals surface area contributed by atoms with Gasteiger partial charge in [-0.05, 0) is 25.2 Å². The molecular weight excluding hydrogens is 245 g/mol. The molecule has 1 rings (SSSR count). The van der Waals surface area contributed by atoms with E-state index in [-0.39, 0.29) is 11.3 Å². The van der Waals surface area contributed by atoms with Gasteiger partial charge in [0.1, 0.15) is 5.75 Å². The molecule has 0 atom stereocenters. The quantitative estimate of drug-likeness (QED) is 0.496. The number of halogens is 3. The SMILES string of the molecule is CNCCC#Cc1cc(N)ccc1OC(F)(F)F. The van der Waals surface area contributed by atoms with Crippen molar-refractivity contribution in [2.45, 2.75) is 12.8 Å². The highest BCUT2D eigenvalue weighted by atomic mass is 19.4. The number of hydrogen-bond acceptors (Lipinski definition) is 3. The van der Waals surface area contributed by atoms with E-state index in [1.165, 1.54) is 12.1 Å². The van der Waals surface area contributed by atoms with Crippen LogP contribution in [0.1, 0.15) is 12.0 Å². The lowest BCUT2D eigenvalue weighted by molar-refractivity contribution is -0.274. The van der Waals surface area contributed by atoms with Crippen LogP contribution in [0.5, 0.6) is 5.75 Å². The molecule has 98 valence electrons. The maximum absolute atomic E-state index is 12.2. The molecule has 0 radical (unpaired) electrons. The number of nitrogen functional groups attached to an aromatic ring is 1. The number of nitrogens with two attached hydrogens (primary N) is 1. The van der Waals surface area contributed by atoms with Crippen molar-refractivity contribution in [3.05, 3.63) is 23.8 Å². The summed E-state index contributed by atoms with van der Waals surface area (Å²) in [7, 11) is 1.76. The Morgan fingerprint density at radius 1 is 1.39 bits per heavy atom. The molecule has 0 aliphatic carbocycles. The topological polar surface area (TPSA) is 47.3 Å². The van der Waals surface area contributed by atoms with Crippen molar-refractivity contribution in [1.82, 2.24) is 5.32 Å². The molecule has 0 aliphatic heterocycles. The van der Waals surface area contributed by atoms with E-state index in [1.54, 1.807) is 7.05 Å². The maximum Gasteiger partial charge on any atom is 0.573 e. The summed E-state index contributed by atoms with van der Waals surface area (Å²) in [6, 6.07) is 3.85. The van der Waals surface area contributed by atoms with E-state index in [0.717, 1.165) is 6.07 Å². The van der Waals surface area contributed by atoms with Crippen molar-refractivity contribution in [2.75, 3.05) is 19.3 Å². The van der Waals surface area contributed by atoms with E-state index in [4.69, 9.17) is 5.73 Å². The first-order valence-electron chi connectivity index (χ1n) is 5.21. The van der Waals surface area contributed by atoms with Gasteiger partial charge in [0.15, 0.2) is 0 Å². The van der Waals surface area contributed by atoms with E-state index in [0.29, 0.717) is 18.7 Å². The van der Waals surface area contributed by atoms with E-state index >= 15 is 0 Å². The Morgan fingerprint density at radius 2 is 2.11 bits per heavy atom. The van der Waals surface area contributed by atoms with Crippen molar-refractivity contribution in [3.8, 4) is 17.6 Å². The summed E-state index contributed by atoms with van der Waals surface area (Å²) < 4.78 is 40.3. The molecule has 0 unspecified atom stereocenters. The van der Waals surface area contributed by atoms with E-state index < -0.39 is 6.36 Å². The largest absolute Gasteiger partial charge is 0.573 e. The Balaban J connectivity index is 2.92. The van der Waals surface area contributed by atoms with E-state index in [1.807, 2.05) is 0 Å². The third-order valence-corrected chi connectivity index (χ3v) is 1.95. The minimum atomic E-state index is -4.74. The lowest BCUT2D eigenvalue weighted by Crippen LogP contribution is -2.17. The second-order valence-corrected chi connectivity index (χ2v) is 3.46. The lowest BCUT2D eigenvalue weighted by atomic mass is 10.2. The molecule has 0 amide bonds. The first-order chi connectivity index (χ1) is 8.42. The minimum absolute atomic E-state index is 0.128. The van der Waals surface area contributed by atoms with Gasteiger partial charge in [-0.2, -0.15) is 0 Å². The molecule has 0 saturated heterocycles. The average molecular weight is 258 g/mol. The second kappa shape index (κ2) is 6.17. The molecule has 0 fully saturated rings. The molecule has 6 heteroatoms. The predicted molar refractivity (Wildman–Crippen MR) is 63.0 cm³/mol. The van der Waals surface area contributed by atoms with Crippen LogP contribution in [-0.4, -0.2) is 20.0 Å². The fourth-order valence-corrected chi connectivity index (χ4v) is 1.20. The van der Waals surface area contributed by atoms with Gasteiger partial charge in [0.2, 0.25) is 0 Å². The van der Waals surface area contributed by atoms with E-state index in [2.05, 4.69) is 21.9 Å². The normalized spacial score (nSPS) is 10.7. The Hall–Kier alpha value is -1.87. The molecule has 0 aromatic heterocycles. The summed E-state index contributed by atoms with van der Waals surface area (Å²) in [4.78, 5) is 0. The smallest absolute Gasteiger partial charge is 0.404 e. The summed E-state index contributed by atoms with van der Waals surface area (Å²) in [5.41, 5.74) is 5.97. The van der Waals surface area contributed by atoms with Gasteiger partial charge in [-0.3, -0.25) is 0 Å². The molecule has 18 heavy (non-hydrogen) atoms. The fraction of sp³-hybridized carbons (Fsp3) is 0.333. The van der Waals surface area contributed by atoms with E-state index in [9.17, 15) is 13.2 Å². The van der Waals surface area contributed by atoms with Gasteiger partial charge in [-0.15, -0.1) is 13.2 Å². The van der Waals surface area contributed by atoms with Crippen LogP contribution < -0.4 is 15.8 Å². The van der Waals surface area contributed by atoms with Crippen LogP contribution in [0.2, 0.25) is 0 Å². The Labute approximate surface area is 103 Å². The summed E-state index contributed by atoms with van der Waals surface area (Å²) in [6.07, 6.45) is -4.21. The van der Waals surface area contributed by atoms with Crippen LogP contribution in [0.25, 0.3) is 0 Å². The second-order valence-electron chi connectivity index (χ2n) is 3.46. The van der Waals surface area contributed by atoms with Crippen LogP contribution >= 0.6 is 0 Å². The highest BCUT2D eigenvalue weighted by molar-refractivity contribution is 5.54. The molecule has 3 nitrogen and oxygen atoms in total. The Bertz CT molecular complexity index is 461. The Kier molecular flexibility index (Phi) is 4.86. The zero-order chi connectivity index (χ0) is 13.6. The monoisotopic (exact) mass is 258 g/mol. The molecule has 1 aromatic carbocycles. The van der Waals surface area contributed by atoms with Crippen molar-refractivity contribution < 1.29 is 17.9 Å².